The van der Waals surface area contributed by atoms with Gasteiger partial charge in [0, 0.05) is 29.9 Å². The molecule has 27 heavy (non-hydrogen) atoms. The Morgan fingerprint density at radius 1 is 1.30 bits per heavy atom. The van der Waals surface area contributed by atoms with Gasteiger partial charge in [0.25, 0.3) is 5.91 Å². The van der Waals surface area contributed by atoms with Gasteiger partial charge >= 0.3 is 6.18 Å². The predicted octanol–water partition coefficient (Wildman–Crippen LogP) is 4.34. The third kappa shape index (κ3) is 5.20. The third-order valence-electron chi connectivity index (χ3n) is 4.20. The molecule has 1 aliphatic heterocycles. The Kier molecular flexibility index (Phi) is 6.01. The minimum absolute atomic E-state index is 0.0731. The molecule has 2 aromatic rings. The van der Waals surface area contributed by atoms with Gasteiger partial charge in [-0.1, -0.05) is 22.9 Å². The van der Waals surface area contributed by atoms with E-state index in [2.05, 4.69) is 15.5 Å². The normalized spacial score (nSPS) is 16.1. The van der Waals surface area contributed by atoms with Gasteiger partial charge in [-0.05, 0) is 37.1 Å². The van der Waals surface area contributed by atoms with E-state index < -0.39 is 12.1 Å². The third-order valence-corrected chi connectivity index (χ3v) is 5.45. The van der Waals surface area contributed by atoms with E-state index in [-0.39, 0.29) is 18.7 Å². The molecule has 0 bridgehead atoms. The molecular formula is C17H16ClF3N4OS. The van der Waals surface area contributed by atoms with Crippen molar-refractivity contribution in [2.45, 2.75) is 19.0 Å². The van der Waals surface area contributed by atoms with E-state index in [0.717, 1.165) is 0 Å². The standard InChI is InChI=1S/C17H16ClF3N4OS/c18-13-3-1-11(2-4-13)15(26)24-23-10-14-9-22-16(27-14)25-7-5-12(6-8-25)17(19,20)21/h1-4,9-10,12H,5-8H2,(H,24,26). The molecular weight excluding hydrogens is 401 g/mol. The molecule has 0 radical (unpaired) electrons. The summed E-state index contributed by atoms with van der Waals surface area (Å²) in [4.78, 5) is 18.7. The van der Waals surface area contributed by atoms with Crippen LogP contribution >= 0.6 is 22.9 Å². The largest absolute Gasteiger partial charge is 0.391 e. The van der Waals surface area contributed by atoms with Crippen LogP contribution in [0.15, 0.2) is 35.6 Å². The summed E-state index contributed by atoms with van der Waals surface area (Å²) < 4.78 is 38.2. The van der Waals surface area contributed by atoms with Crippen molar-refractivity contribution in [2.24, 2.45) is 11.0 Å². The fourth-order valence-corrected chi connectivity index (χ4v) is 3.67. The highest BCUT2D eigenvalue weighted by Gasteiger charge is 2.41. The van der Waals surface area contributed by atoms with E-state index >= 15 is 0 Å². The minimum atomic E-state index is -4.13. The number of nitrogens with zero attached hydrogens (tertiary/aromatic N) is 3. The number of nitrogens with one attached hydrogen (secondary N) is 1. The number of hydrazone groups is 1. The molecule has 10 heteroatoms. The molecule has 144 valence electrons. The molecule has 1 saturated heterocycles. The topological polar surface area (TPSA) is 57.6 Å². The maximum atomic E-state index is 12.7. The van der Waals surface area contributed by atoms with Crippen molar-refractivity contribution in [3.05, 3.63) is 45.9 Å². The summed E-state index contributed by atoms with van der Waals surface area (Å²) in [6, 6.07) is 6.39. The number of aromatic nitrogens is 1. The molecule has 1 amide bonds. The van der Waals surface area contributed by atoms with E-state index in [0.29, 0.717) is 33.7 Å². The van der Waals surface area contributed by atoms with Crippen molar-refractivity contribution >= 4 is 40.2 Å². The molecule has 1 aromatic heterocycles. The summed E-state index contributed by atoms with van der Waals surface area (Å²) >= 11 is 7.08. The summed E-state index contributed by atoms with van der Waals surface area (Å²) in [5.74, 6) is -1.61. The number of halogens is 4. The first-order chi connectivity index (χ1) is 12.8. The summed E-state index contributed by atoms with van der Waals surface area (Å²) in [5, 5.41) is 5.08. The average Bonchev–Trinajstić information content (AvgIpc) is 3.10. The number of hydrogen-bond donors (Lipinski definition) is 1. The van der Waals surface area contributed by atoms with E-state index in [1.807, 2.05) is 4.90 Å². The van der Waals surface area contributed by atoms with Crippen LogP contribution in [0.4, 0.5) is 18.3 Å². The summed E-state index contributed by atoms with van der Waals surface area (Å²) in [7, 11) is 0. The van der Waals surface area contributed by atoms with Gasteiger partial charge in [-0.2, -0.15) is 18.3 Å². The van der Waals surface area contributed by atoms with Gasteiger partial charge in [0.05, 0.1) is 17.0 Å². The Morgan fingerprint density at radius 2 is 1.96 bits per heavy atom. The van der Waals surface area contributed by atoms with Crippen molar-refractivity contribution in [1.82, 2.24) is 10.4 Å². The van der Waals surface area contributed by atoms with Gasteiger partial charge in [-0.25, -0.2) is 10.4 Å². The summed E-state index contributed by atoms with van der Waals surface area (Å²) in [5.41, 5.74) is 2.83. The van der Waals surface area contributed by atoms with Crippen molar-refractivity contribution in [3.8, 4) is 0 Å². The second-order valence-corrected chi connectivity index (χ2v) is 7.53. The number of hydrogen-bond acceptors (Lipinski definition) is 5. The lowest BCUT2D eigenvalue weighted by Crippen LogP contribution is -2.38. The monoisotopic (exact) mass is 416 g/mol. The number of carbonyl (C=O) groups is 1. The molecule has 0 aliphatic carbocycles. The lowest BCUT2D eigenvalue weighted by atomic mass is 9.97. The van der Waals surface area contributed by atoms with Gasteiger partial charge in [-0.15, -0.1) is 0 Å². The quantitative estimate of drug-likeness (QED) is 0.596. The van der Waals surface area contributed by atoms with Gasteiger partial charge < -0.3 is 4.90 Å². The highest BCUT2D eigenvalue weighted by atomic mass is 35.5. The van der Waals surface area contributed by atoms with Gasteiger partial charge in [-0.3, -0.25) is 4.79 Å². The second-order valence-electron chi connectivity index (χ2n) is 6.05. The molecule has 5 nitrogen and oxygen atoms in total. The molecule has 0 saturated carbocycles. The van der Waals surface area contributed by atoms with Gasteiger partial charge in [0.15, 0.2) is 5.13 Å². The fourth-order valence-electron chi connectivity index (χ4n) is 2.70. The first-order valence-electron chi connectivity index (χ1n) is 8.19. The number of thiazole rings is 1. The van der Waals surface area contributed by atoms with Crippen LogP contribution in [0, 0.1) is 5.92 Å². The van der Waals surface area contributed by atoms with Crippen LogP contribution in [-0.4, -0.2) is 36.4 Å². The number of rotatable bonds is 4. The first-order valence-corrected chi connectivity index (χ1v) is 9.39. The van der Waals surface area contributed by atoms with E-state index in [1.165, 1.54) is 17.6 Å². The summed E-state index contributed by atoms with van der Waals surface area (Å²) in [6.07, 6.45) is -0.951. The zero-order valence-electron chi connectivity index (χ0n) is 14.0. The van der Waals surface area contributed by atoms with Crippen molar-refractivity contribution in [2.75, 3.05) is 18.0 Å². The number of carbonyl (C=O) groups excluding carboxylic acids is 1. The Bertz CT molecular complexity index is 814. The van der Waals surface area contributed by atoms with E-state index in [4.69, 9.17) is 11.6 Å². The lowest BCUT2D eigenvalue weighted by molar-refractivity contribution is -0.179. The number of benzene rings is 1. The van der Waals surface area contributed by atoms with E-state index in [1.54, 1.807) is 30.5 Å². The Morgan fingerprint density at radius 3 is 2.59 bits per heavy atom. The Labute approximate surface area is 162 Å². The molecule has 1 aliphatic rings. The predicted molar refractivity (Wildman–Crippen MR) is 99.6 cm³/mol. The zero-order valence-corrected chi connectivity index (χ0v) is 15.6. The van der Waals surface area contributed by atoms with Crippen molar-refractivity contribution < 1.29 is 18.0 Å². The van der Waals surface area contributed by atoms with Gasteiger partial charge in [0.2, 0.25) is 0 Å². The smallest absolute Gasteiger partial charge is 0.348 e. The maximum Gasteiger partial charge on any atom is 0.391 e. The zero-order chi connectivity index (χ0) is 19.4. The van der Waals surface area contributed by atoms with Crippen LogP contribution in [0.2, 0.25) is 5.02 Å². The Balaban J connectivity index is 1.53. The summed E-state index contributed by atoms with van der Waals surface area (Å²) in [6.45, 7) is 0.642. The SMILES string of the molecule is O=C(NN=Cc1cnc(N2CCC(C(F)(F)F)CC2)s1)c1ccc(Cl)cc1. The average molecular weight is 417 g/mol. The number of amides is 1. The molecule has 0 unspecified atom stereocenters. The molecule has 0 atom stereocenters. The van der Waals surface area contributed by atoms with Crippen molar-refractivity contribution in [1.29, 1.82) is 0 Å². The molecule has 3 rings (SSSR count). The number of anilines is 1. The molecule has 1 fully saturated rings. The van der Waals surface area contributed by atoms with Crippen LogP contribution in [-0.2, 0) is 0 Å². The lowest BCUT2D eigenvalue weighted by Gasteiger charge is -2.32. The fraction of sp³-hybridized carbons (Fsp3) is 0.353. The van der Waals surface area contributed by atoms with Crippen LogP contribution in [0.25, 0.3) is 0 Å². The van der Waals surface area contributed by atoms with E-state index in [9.17, 15) is 18.0 Å². The minimum Gasteiger partial charge on any atom is -0.348 e. The molecule has 2 heterocycles. The van der Waals surface area contributed by atoms with Crippen molar-refractivity contribution in [3.63, 3.8) is 0 Å². The van der Waals surface area contributed by atoms with Crippen LogP contribution in [0.3, 0.4) is 0 Å². The number of alkyl halides is 3. The van der Waals surface area contributed by atoms with Crippen LogP contribution in [0.5, 0.6) is 0 Å². The van der Waals surface area contributed by atoms with Gasteiger partial charge in [0.1, 0.15) is 0 Å². The molecule has 1 aromatic carbocycles. The van der Waals surface area contributed by atoms with Crippen LogP contribution in [0.1, 0.15) is 28.1 Å². The highest BCUT2D eigenvalue weighted by Crippen LogP contribution is 2.36. The first kappa shape index (κ1) is 19.6. The second kappa shape index (κ2) is 8.26. The Hall–Kier alpha value is -2.13. The van der Waals surface area contributed by atoms with Crippen LogP contribution < -0.4 is 10.3 Å². The highest BCUT2D eigenvalue weighted by molar-refractivity contribution is 7.17. The molecule has 1 N–H and O–H groups in total. The number of piperidine rings is 1. The maximum absolute atomic E-state index is 12.7. The molecule has 0 spiro atoms.